The van der Waals surface area contributed by atoms with Crippen molar-refractivity contribution in [3.63, 3.8) is 0 Å². The number of nitrogens with zero attached hydrogens (tertiary/aromatic N) is 1. The van der Waals surface area contributed by atoms with E-state index in [1.54, 1.807) is 48.5 Å². The van der Waals surface area contributed by atoms with Crippen LogP contribution in [0.1, 0.15) is 22.3 Å². The van der Waals surface area contributed by atoms with E-state index in [0.29, 0.717) is 33.3 Å². The second kappa shape index (κ2) is 12.1. The standard InChI is InChI=1S/C28H24BrClN2O5S/c1-16-10-20(29)22(11-17(16)2)31-26(33)15-37-23-9-8-18(12-24(23)36-3)13-25-27(34)32(28(35)38-25)14-19-6-4-5-7-21(19)30/h4-13H,14-15H2,1-3H3,(H,31,33)/b25-13-. The minimum Gasteiger partial charge on any atom is -0.493 e. The largest absolute Gasteiger partial charge is 0.493 e. The summed E-state index contributed by atoms with van der Waals surface area (Å²) >= 11 is 10.5. The first-order valence-corrected chi connectivity index (χ1v) is 13.5. The van der Waals surface area contributed by atoms with E-state index < -0.39 is 5.91 Å². The van der Waals surface area contributed by atoms with Crippen molar-refractivity contribution in [1.29, 1.82) is 0 Å². The number of ether oxygens (including phenoxy) is 2. The number of hydrogen-bond donors (Lipinski definition) is 1. The number of rotatable bonds is 8. The Balaban J connectivity index is 1.43. The number of carbonyl (C=O) groups is 3. The SMILES string of the molecule is COc1cc(/C=C2\SC(=O)N(Cc3ccccc3Cl)C2=O)ccc1OCC(=O)Nc1cc(C)c(C)cc1Br. The molecule has 1 saturated heterocycles. The first kappa shape index (κ1) is 27.8. The van der Waals surface area contributed by atoms with Gasteiger partial charge in [-0.05, 0) is 100 Å². The van der Waals surface area contributed by atoms with Crippen LogP contribution in [0.5, 0.6) is 11.5 Å². The van der Waals surface area contributed by atoms with Crippen molar-refractivity contribution in [1.82, 2.24) is 4.90 Å². The van der Waals surface area contributed by atoms with Crippen LogP contribution >= 0.6 is 39.3 Å². The molecule has 0 saturated carbocycles. The Kier molecular flexibility index (Phi) is 8.81. The van der Waals surface area contributed by atoms with E-state index in [4.69, 9.17) is 21.1 Å². The van der Waals surface area contributed by atoms with E-state index in [-0.39, 0.29) is 29.2 Å². The molecule has 3 aromatic carbocycles. The smallest absolute Gasteiger partial charge is 0.293 e. The van der Waals surface area contributed by atoms with Crippen LogP contribution in [-0.4, -0.2) is 35.7 Å². The molecule has 0 spiro atoms. The highest BCUT2D eigenvalue weighted by atomic mass is 79.9. The van der Waals surface area contributed by atoms with E-state index in [1.807, 2.05) is 26.0 Å². The molecule has 38 heavy (non-hydrogen) atoms. The summed E-state index contributed by atoms with van der Waals surface area (Å²) in [6, 6.07) is 16.0. The summed E-state index contributed by atoms with van der Waals surface area (Å²) in [5, 5.41) is 2.96. The second-order valence-corrected chi connectivity index (χ2v) is 10.8. The lowest BCUT2D eigenvalue weighted by Crippen LogP contribution is -2.27. The van der Waals surface area contributed by atoms with Gasteiger partial charge in [-0.2, -0.15) is 0 Å². The molecule has 4 rings (SSSR count). The number of anilines is 1. The highest BCUT2D eigenvalue weighted by molar-refractivity contribution is 9.10. The van der Waals surface area contributed by atoms with Crippen LogP contribution in [0.2, 0.25) is 5.02 Å². The van der Waals surface area contributed by atoms with Crippen molar-refractivity contribution < 1.29 is 23.9 Å². The first-order valence-electron chi connectivity index (χ1n) is 11.5. The van der Waals surface area contributed by atoms with Crippen molar-refractivity contribution in [2.24, 2.45) is 0 Å². The van der Waals surface area contributed by atoms with Crippen molar-refractivity contribution in [2.75, 3.05) is 19.0 Å². The van der Waals surface area contributed by atoms with Crippen molar-refractivity contribution >= 4 is 68.1 Å². The van der Waals surface area contributed by atoms with Gasteiger partial charge in [0.25, 0.3) is 17.1 Å². The van der Waals surface area contributed by atoms with E-state index in [0.717, 1.165) is 27.4 Å². The quantitative estimate of drug-likeness (QED) is 0.275. The Labute approximate surface area is 238 Å². The molecule has 0 atom stereocenters. The van der Waals surface area contributed by atoms with Crippen LogP contribution in [-0.2, 0) is 16.1 Å². The number of carbonyl (C=O) groups excluding carboxylic acids is 3. The maximum absolute atomic E-state index is 12.9. The molecule has 1 aliphatic rings. The van der Waals surface area contributed by atoms with Gasteiger partial charge in [-0.1, -0.05) is 35.9 Å². The zero-order valence-corrected chi connectivity index (χ0v) is 24.0. The van der Waals surface area contributed by atoms with Crippen molar-refractivity contribution in [3.8, 4) is 11.5 Å². The fourth-order valence-corrected chi connectivity index (χ4v) is 5.27. The third kappa shape index (κ3) is 6.40. The molecular weight excluding hydrogens is 592 g/mol. The van der Waals surface area contributed by atoms with Gasteiger partial charge in [0.1, 0.15) is 0 Å². The van der Waals surface area contributed by atoms with Crippen LogP contribution in [0, 0.1) is 13.8 Å². The number of halogens is 2. The van der Waals surface area contributed by atoms with E-state index in [9.17, 15) is 14.4 Å². The fraction of sp³-hybridized carbons (Fsp3) is 0.179. The van der Waals surface area contributed by atoms with Gasteiger partial charge in [0.05, 0.1) is 24.2 Å². The molecule has 0 unspecified atom stereocenters. The van der Waals surface area contributed by atoms with Crippen LogP contribution in [0.3, 0.4) is 0 Å². The molecule has 0 radical (unpaired) electrons. The summed E-state index contributed by atoms with van der Waals surface area (Å²) in [5.41, 5.74) is 4.16. The molecule has 1 aliphatic heterocycles. The molecule has 196 valence electrons. The number of methoxy groups -OCH3 is 1. The predicted molar refractivity (Wildman–Crippen MR) is 154 cm³/mol. The molecule has 1 N–H and O–H groups in total. The van der Waals surface area contributed by atoms with Gasteiger partial charge in [0.15, 0.2) is 18.1 Å². The Bertz CT molecular complexity index is 1460. The van der Waals surface area contributed by atoms with Crippen LogP contribution < -0.4 is 14.8 Å². The monoisotopic (exact) mass is 614 g/mol. The van der Waals surface area contributed by atoms with Gasteiger partial charge in [-0.3, -0.25) is 19.3 Å². The Morgan fingerprint density at radius 1 is 1.08 bits per heavy atom. The minimum atomic E-state index is -0.395. The summed E-state index contributed by atoms with van der Waals surface area (Å²) in [7, 11) is 1.48. The molecule has 1 fully saturated rings. The number of benzene rings is 3. The molecule has 7 nitrogen and oxygen atoms in total. The van der Waals surface area contributed by atoms with E-state index in [2.05, 4.69) is 21.2 Å². The van der Waals surface area contributed by atoms with Gasteiger partial charge in [-0.25, -0.2) is 0 Å². The Morgan fingerprint density at radius 2 is 1.82 bits per heavy atom. The molecular formula is C28H24BrClN2O5S. The predicted octanol–water partition coefficient (Wildman–Crippen LogP) is 6.98. The van der Waals surface area contributed by atoms with Crippen molar-refractivity contribution in [2.45, 2.75) is 20.4 Å². The first-order chi connectivity index (χ1) is 18.2. The fourth-order valence-electron chi connectivity index (χ4n) is 3.68. The second-order valence-electron chi connectivity index (χ2n) is 8.52. The van der Waals surface area contributed by atoms with E-state index in [1.165, 1.54) is 12.0 Å². The summed E-state index contributed by atoms with van der Waals surface area (Å²) in [6.07, 6.45) is 1.62. The Hall–Kier alpha value is -3.27. The number of aryl methyl sites for hydroxylation is 2. The van der Waals surface area contributed by atoms with Gasteiger partial charge < -0.3 is 14.8 Å². The van der Waals surface area contributed by atoms with Crippen molar-refractivity contribution in [3.05, 3.63) is 91.3 Å². The zero-order valence-electron chi connectivity index (χ0n) is 20.8. The lowest BCUT2D eigenvalue weighted by atomic mass is 10.1. The number of amides is 3. The lowest BCUT2D eigenvalue weighted by Gasteiger charge is -2.14. The summed E-state index contributed by atoms with van der Waals surface area (Å²) in [6.45, 7) is 3.84. The number of nitrogens with one attached hydrogen (secondary N) is 1. The van der Waals surface area contributed by atoms with E-state index >= 15 is 0 Å². The average Bonchev–Trinajstić information content (AvgIpc) is 3.14. The number of imide groups is 1. The maximum atomic E-state index is 12.9. The highest BCUT2D eigenvalue weighted by Crippen LogP contribution is 2.36. The van der Waals surface area contributed by atoms with Crippen LogP contribution in [0.15, 0.2) is 64.0 Å². The zero-order chi connectivity index (χ0) is 27.4. The molecule has 10 heteroatoms. The molecule has 1 heterocycles. The summed E-state index contributed by atoms with van der Waals surface area (Å²) in [4.78, 5) is 39.4. The third-order valence-corrected chi connectivity index (χ3v) is 7.79. The minimum absolute atomic E-state index is 0.0958. The number of hydrogen-bond acceptors (Lipinski definition) is 6. The molecule has 3 aromatic rings. The maximum Gasteiger partial charge on any atom is 0.293 e. The molecule has 0 bridgehead atoms. The topological polar surface area (TPSA) is 84.9 Å². The Morgan fingerprint density at radius 3 is 2.55 bits per heavy atom. The van der Waals surface area contributed by atoms with Gasteiger partial charge in [-0.15, -0.1) is 0 Å². The molecule has 3 amide bonds. The lowest BCUT2D eigenvalue weighted by molar-refractivity contribution is -0.123. The third-order valence-electron chi connectivity index (χ3n) is 5.86. The van der Waals surface area contributed by atoms with Crippen LogP contribution in [0.4, 0.5) is 10.5 Å². The van der Waals surface area contributed by atoms with Gasteiger partial charge in [0, 0.05) is 9.50 Å². The van der Waals surface area contributed by atoms with Crippen LogP contribution in [0.25, 0.3) is 6.08 Å². The van der Waals surface area contributed by atoms with Gasteiger partial charge >= 0.3 is 0 Å². The number of thioether (sulfide) groups is 1. The average molecular weight is 616 g/mol. The summed E-state index contributed by atoms with van der Waals surface area (Å²) < 4.78 is 11.9. The normalized spacial score (nSPS) is 14.2. The van der Waals surface area contributed by atoms with Gasteiger partial charge in [0.2, 0.25) is 0 Å². The highest BCUT2D eigenvalue weighted by Gasteiger charge is 2.35. The molecule has 0 aliphatic carbocycles. The summed E-state index contributed by atoms with van der Waals surface area (Å²) in [5.74, 6) is 0.0284. The molecule has 0 aromatic heterocycles.